The standard InChI is InChI=1S/C27H35FN/c1-6-9-11-21-14-15-22(19(4)7-2)24(18-21)27-17-16-23-25(28)12-10-13-26(23)29(27)20(5)8-3/h10,12-20H,6-9,11H2,1-5H3/q+1. The Morgan fingerprint density at radius 1 is 0.931 bits per heavy atom. The lowest BCUT2D eigenvalue weighted by Crippen LogP contribution is -2.41. The summed E-state index contributed by atoms with van der Waals surface area (Å²) in [5, 5.41) is 0.698. The number of unbranched alkanes of at least 4 members (excludes halogenated alkanes) is 1. The molecule has 2 unspecified atom stereocenters. The summed E-state index contributed by atoms with van der Waals surface area (Å²) < 4.78 is 16.9. The minimum absolute atomic E-state index is 0.148. The average Bonchev–Trinajstić information content (AvgIpc) is 2.75. The van der Waals surface area contributed by atoms with E-state index in [0.29, 0.717) is 17.3 Å². The zero-order valence-electron chi connectivity index (χ0n) is 18.6. The van der Waals surface area contributed by atoms with Crippen LogP contribution in [0, 0.1) is 5.82 Å². The molecule has 0 aliphatic carbocycles. The molecule has 0 saturated heterocycles. The number of aromatic nitrogens is 1. The third kappa shape index (κ3) is 4.37. The van der Waals surface area contributed by atoms with Crippen molar-refractivity contribution >= 4 is 10.9 Å². The van der Waals surface area contributed by atoms with Crippen molar-refractivity contribution in [3.63, 3.8) is 0 Å². The Morgan fingerprint density at radius 2 is 1.72 bits per heavy atom. The van der Waals surface area contributed by atoms with Crippen LogP contribution < -0.4 is 4.57 Å². The van der Waals surface area contributed by atoms with Gasteiger partial charge in [-0.1, -0.05) is 52.3 Å². The highest BCUT2D eigenvalue weighted by molar-refractivity contribution is 5.79. The minimum atomic E-state index is -0.148. The molecule has 0 fully saturated rings. The number of nitrogens with zero attached hydrogens (tertiary/aromatic N) is 1. The monoisotopic (exact) mass is 392 g/mol. The van der Waals surface area contributed by atoms with Crippen LogP contribution >= 0.6 is 0 Å². The Balaban J connectivity index is 2.31. The van der Waals surface area contributed by atoms with Gasteiger partial charge in [-0.15, -0.1) is 0 Å². The minimum Gasteiger partial charge on any atom is -0.206 e. The maximum absolute atomic E-state index is 14.5. The van der Waals surface area contributed by atoms with E-state index in [0.717, 1.165) is 24.8 Å². The van der Waals surface area contributed by atoms with Gasteiger partial charge in [0.2, 0.25) is 11.2 Å². The highest BCUT2D eigenvalue weighted by atomic mass is 19.1. The summed E-state index contributed by atoms with van der Waals surface area (Å²) in [6.07, 6.45) is 5.62. The molecule has 0 N–H and O–H groups in total. The molecule has 154 valence electrons. The number of rotatable bonds is 8. The van der Waals surface area contributed by atoms with E-state index in [1.54, 1.807) is 6.07 Å². The number of halogens is 1. The molecule has 1 nitrogen and oxygen atoms in total. The molecule has 29 heavy (non-hydrogen) atoms. The molecule has 3 aromatic rings. The molecule has 1 heterocycles. The molecule has 0 aliphatic heterocycles. The van der Waals surface area contributed by atoms with Gasteiger partial charge in [-0.25, -0.2) is 4.39 Å². The van der Waals surface area contributed by atoms with Crippen molar-refractivity contribution < 1.29 is 8.96 Å². The van der Waals surface area contributed by atoms with E-state index in [1.807, 2.05) is 12.1 Å². The first-order valence-electron chi connectivity index (χ1n) is 11.3. The number of hydrogen-bond donors (Lipinski definition) is 0. The van der Waals surface area contributed by atoms with Crippen LogP contribution in [0.25, 0.3) is 22.2 Å². The quantitative estimate of drug-likeness (QED) is 0.345. The summed E-state index contributed by atoms with van der Waals surface area (Å²) in [6, 6.07) is 16.8. The third-order valence-corrected chi connectivity index (χ3v) is 6.34. The molecule has 3 rings (SSSR count). The van der Waals surface area contributed by atoms with E-state index in [1.165, 1.54) is 35.2 Å². The van der Waals surface area contributed by atoms with Crippen LogP contribution in [0.5, 0.6) is 0 Å². The molecular weight excluding hydrogens is 357 g/mol. The van der Waals surface area contributed by atoms with E-state index in [9.17, 15) is 4.39 Å². The second-order valence-corrected chi connectivity index (χ2v) is 8.35. The van der Waals surface area contributed by atoms with E-state index >= 15 is 0 Å². The summed E-state index contributed by atoms with van der Waals surface area (Å²) in [7, 11) is 0. The van der Waals surface area contributed by atoms with Crippen LogP contribution in [0.1, 0.15) is 83.4 Å². The van der Waals surface area contributed by atoms with Gasteiger partial charge in [-0.05, 0) is 61.4 Å². The van der Waals surface area contributed by atoms with E-state index in [2.05, 4.69) is 69.5 Å². The SMILES string of the molecule is CCCCc1ccc(C(C)CC)c(-c2ccc3c(F)cccc3[n+]2C(C)CC)c1. The van der Waals surface area contributed by atoms with Gasteiger partial charge in [0.15, 0.2) is 6.04 Å². The zero-order valence-corrected chi connectivity index (χ0v) is 18.6. The summed E-state index contributed by atoms with van der Waals surface area (Å²) in [4.78, 5) is 0. The molecule has 0 radical (unpaired) electrons. The molecule has 0 spiro atoms. The number of aryl methyl sites for hydroxylation is 1. The number of fused-ring (bicyclic) bond motifs is 1. The molecule has 0 bridgehead atoms. The molecule has 2 aromatic carbocycles. The van der Waals surface area contributed by atoms with Crippen molar-refractivity contribution in [2.24, 2.45) is 0 Å². The Labute approximate surface area is 175 Å². The largest absolute Gasteiger partial charge is 0.216 e. The summed E-state index contributed by atoms with van der Waals surface area (Å²) in [5.74, 6) is 0.337. The molecule has 2 heteroatoms. The number of hydrogen-bond acceptors (Lipinski definition) is 0. The van der Waals surface area contributed by atoms with Crippen molar-refractivity contribution in [3.05, 3.63) is 65.5 Å². The van der Waals surface area contributed by atoms with E-state index in [4.69, 9.17) is 0 Å². The van der Waals surface area contributed by atoms with Crippen molar-refractivity contribution in [3.8, 4) is 11.3 Å². The number of benzene rings is 2. The lowest BCUT2D eigenvalue weighted by molar-refractivity contribution is -0.684. The van der Waals surface area contributed by atoms with Crippen molar-refractivity contribution in [1.29, 1.82) is 0 Å². The maximum Gasteiger partial charge on any atom is 0.216 e. The normalized spacial score (nSPS) is 13.6. The van der Waals surface area contributed by atoms with Gasteiger partial charge in [0.05, 0.1) is 5.39 Å². The fourth-order valence-corrected chi connectivity index (χ4v) is 4.16. The van der Waals surface area contributed by atoms with Gasteiger partial charge in [-0.2, -0.15) is 4.57 Å². The van der Waals surface area contributed by atoms with Crippen LogP contribution in [-0.2, 0) is 6.42 Å². The van der Waals surface area contributed by atoms with Gasteiger partial charge in [0, 0.05) is 24.1 Å². The maximum atomic E-state index is 14.5. The Kier molecular flexibility index (Phi) is 7.05. The van der Waals surface area contributed by atoms with Gasteiger partial charge in [0.1, 0.15) is 5.82 Å². The van der Waals surface area contributed by atoms with Crippen molar-refractivity contribution in [2.75, 3.05) is 0 Å². The Hall–Kier alpha value is -2.22. The van der Waals surface area contributed by atoms with Gasteiger partial charge in [0.25, 0.3) is 0 Å². The molecule has 2 atom stereocenters. The first-order valence-corrected chi connectivity index (χ1v) is 11.3. The zero-order chi connectivity index (χ0) is 21.0. The highest BCUT2D eigenvalue weighted by Crippen LogP contribution is 2.33. The fraction of sp³-hybridized carbons (Fsp3) is 0.444. The second kappa shape index (κ2) is 9.52. The van der Waals surface area contributed by atoms with Gasteiger partial charge < -0.3 is 0 Å². The Bertz CT molecular complexity index is 976. The predicted molar refractivity (Wildman–Crippen MR) is 122 cm³/mol. The molecular formula is C27H35FN+. The van der Waals surface area contributed by atoms with Crippen LogP contribution in [0.4, 0.5) is 4.39 Å². The average molecular weight is 393 g/mol. The molecule has 0 amide bonds. The van der Waals surface area contributed by atoms with Crippen molar-refractivity contribution in [1.82, 2.24) is 0 Å². The van der Waals surface area contributed by atoms with Gasteiger partial charge >= 0.3 is 0 Å². The Morgan fingerprint density at radius 3 is 2.41 bits per heavy atom. The van der Waals surface area contributed by atoms with Gasteiger partial charge in [-0.3, -0.25) is 0 Å². The van der Waals surface area contributed by atoms with E-state index < -0.39 is 0 Å². The summed E-state index contributed by atoms with van der Waals surface area (Å²) >= 11 is 0. The van der Waals surface area contributed by atoms with E-state index in [-0.39, 0.29) is 5.82 Å². The lowest BCUT2D eigenvalue weighted by atomic mass is 9.89. The predicted octanol–water partition coefficient (Wildman–Crippen LogP) is 7.76. The van der Waals surface area contributed by atoms with Crippen LogP contribution in [0.15, 0.2) is 48.5 Å². The summed E-state index contributed by atoms with van der Waals surface area (Å²) in [6.45, 7) is 11.2. The number of pyridine rings is 1. The van der Waals surface area contributed by atoms with Crippen molar-refractivity contribution in [2.45, 2.75) is 78.7 Å². The lowest BCUT2D eigenvalue weighted by Gasteiger charge is -2.18. The molecule has 1 aromatic heterocycles. The van der Waals surface area contributed by atoms with Crippen LogP contribution in [0.2, 0.25) is 0 Å². The van der Waals surface area contributed by atoms with Crippen LogP contribution in [-0.4, -0.2) is 0 Å². The molecule has 0 aliphatic rings. The topological polar surface area (TPSA) is 3.88 Å². The third-order valence-electron chi connectivity index (χ3n) is 6.34. The summed E-state index contributed by atoms with van der Waals surface area (Å²) in [5.41, 5.74) is 6.26. The first-order chi connectivity index (χ1) is 14.0. The molecule has 0 saturated carbocycles. The second-order valence-electron chi connectivity index (χ2n) is 8.35. The smallest absolute Gasteiger partial charge is 0.206 e. The van der Waals surface area contributed by atoms with Crippen LogP contribution in [0.3, 0.4) is 0 Å². The fourth-order valence-electron chi connectivity index (χ4n) is 4.16. The first kappa shape index (κ1) is 21.5. The highest BCUT2D eigenvalue weighted by Gasteiger charge is 2.26.